The number of aromatic nitrogens is 3. The predicted octanol–water partition coefficient (Wildman–Crippen LogP) is 4.41. The average molecular weight is 450 g/mol. The van der Waals surface area contributed by atoms with E-state index in [4.69, 9.17) is 44.1 Å². The number of aliphatic hydroxyl groups excluding tert-OH is 1. The van der Waals surface area contributed by atoms with Crippen molar-refractivity contribution in [2.75, 3.05) is 18.0 Å². The van der Waals surface area contributed by atoms with E-state index in [1.807, 2.05) is 13.8 Å². The summed E-state index contributed by atoms with van der Waals surface area (Å²) in [6.07, 6.45) is 0.0472. The van der Waals surface area contributed by atoms with Crippen LogP contribution in [-0.2, 0) is 11.3 Å². The van der Waals surface area contributed by atoms with Crippen LogP contribution in [-0.4, -0.2) is 45.5 Å². The van der Waals surface area contributed by atoms with Crippen molar-refractivity contribution in [1.29, 1.82) is 0 Å². The Labute approximate surface area is 173 Å². The Morgan fingerprint density at radius 1 is 1.19 bits per heavy atom. The molecule has 144 valence electrons. The molecule has 3 aromatic rings. The number of halogens is 3. The second kappa shape index (κ2) is 7.35. The molecule has 0 amide bonds. The van der Waals surface area contributed by atoms with Gasteiger partial charge in [0.1, 0.15) is 10.5 Å². The lowest BCUT2D eigenvalue weighted by atomic mass is 10.1. The minimum Gasteiger partial charge on any atom is -0.390 e. The molecule has 0 spiro atoms. The molecule has 1 fully saturated rings. The Morgan fingerprint density at radius 2 is 1.89 bits per heavy atom. The summed E-state index contributed by atoms with van der Waals surface area (Å²) >= 11 is 19.9. The molecule has 0 bridgehead atoms. The van der Waals surface area contributed by atoms with Gasteiger partial charge in [-0.1, -0.05) is 51.3 Å². The monoisotopic (exact) mass is 448 g/mol. The van der Waals surface area contributed by atoms with Crippen LogP contribution in [0.25, 0.3) is 21.7 Å². The molecule has 27 heavy (non-hydrogen) atoms. The summed E-state index contributed by atoms with van der Waals surface area (Å²) in [5.74, 6) is 0. The number of anilines is 1. The first kappa shape index (κ1) is 19.2. The summed E-state index contributed by atoms with van der Waals surface area (Å²) in [7, 11) is 0. The molecule has 0 unspecified atom stereocenters. The van der Waals surface area contributed by atoms with E-state index < -0.39 is 0 Å². The largest absolute Gasteiger partial charge is 0.390 e. The first-order valence-electron chi connectivity index (χ1n) is 8.20. The highest BCUT2D eigenvalue weighted by atomic mass is 35.5. The molecular weight excluding hydrogens is 435 g/mol. The average Bonchev–Trinajstić information content (AvgIpc) is 3.16. The minimum atomic E-state index is -0.285. The minimum absolute atomic E-state index is 0.0236. The van der Waals surface area contributed by atoms with E-state index in [-0.39, 0.29) is 28.4 Å². The quantitative estimate of drug-likeness (QED) is 0.634. The normalized spacial score (nSPS) is 20.6. The van der Waals surface area contributed by atoms with Crippen molar-refractivity contribution < 1.29 is 14.4 Å². The van der Waals surface area contributed by atoms with Gasteiger partial charge in [-0.15, -0.1) is 0 Å². The number of hydrogen-bond donors (Lipinski definition) is 1. The summed E-state index contributed by atoms with van der Waals surface area (Å²) in [6.45, 7) is 4.95. The third-order valence-electron chi connectivity index (χ3n) is 4.26. The Bertz CT molecular complexity index is 999. The predicted molar refractivity (Wildman–Crippen MR) is 106 cm³/mol. The molecule has 1 N–H and O–H groups in total. The van der Waals surface area contributed by atoms with Crippen LogP contribution >= 0.6 is 46.1 Å². The van der Waals surface area contributed by atoms with Crippen LogP contribution in [0.15, 0.2) is 4.52 Å². The van der Waals surface area contributed by atoms with Gasteiger partial charge in [0, 0.05) is 13.1 Å². The maximum atomic E-state index is 9.94. The van der Waals surface area contributed by atoms with Gasteiger partial charge in [-0.05, 0) is 13.8 Å². The van der Waals surface area contributed by atoms with Gasteiger partial charge in [-0.25, -0.2) is 9.97 Å². The number of rotatable bonds is 3. The standard InChI is InChI=1S/C16H15Cl3N4O3S/c1-6-3-23(4-7(2)25-6)12-8(5-24)20-10-11(22-26-13(10)9(12)17)14-15(18)21-16(19)27-14/h6-7,24H,3-5H2,1-2H3/t6-,7+. The Morgan fingerprint density at radius 3 is 2.48 bits per heavy atom. The fourth-order valence-electron chi connectivity index (χ4n) is 3.32. The molecule has 7 nitrogen and oxygen atoms in total. The molecule has 2 atom stereocenters. The molecule has 0 aromatic carbocycles. The maximum absolute atomic E-state index is 9.94. The highest BCUT2D eigenvalue weighted by Crippen LogP contribution is 2.43. The molecule has 0 saturated carbocycles. The topological polar surface area (TPSA) is 84.5 Å². The van der Waals surface area contributed by atoms with Gasteiger partial charge < -0.3 is 19.3 Å². The summed E-state index contributed by atoms with van der Waals surface area (Å²) in [5, 5.41) is 14.6. The first-order chi connectivity index (χ1) is 12.9. The molecule has 4 rings (SSSR count). The molecule has 11 heteroatoms. The van der Waals surface area contributed by atoms with E-state index in [0.717, 1.165) is 0 Å². The van der Waals surface area contributed by atoms with Gasteiger partial charge in [0.15, 0.2) is 15.3 Å². The lowest BCUT2D eigenvalue weighted by Gasteiger charge is -2.37. The van der Waals surface area contributed by atoms with Gasteiger partial charge in [-0.2, -0.15) is 0 Å². The van der Waals surface area contributed by atoms with Crippen LogP contribution < -0.4 is 4.90 Å². The lowest BCUT2D eigenvalue weighted by molar-refractivity contribution is -0.00533. The Hall–Kier alpha value is -1.16. The molecule has 1 saturated heterocycles. The third-order valence-corrected chi connectivity index (χ3v) is 6.16. The van der Waals surface area contributed by atoms with Crippen molar-refractivity contribution in [1.82, 2.24) is 15.1 Å². The zero-order valence-electron chi connectivity index (χ0n) is 14.4. The van der Waals surface area contributed by atoms with Crippen LogP contribution in [0, 0.1) is 0 Å². The van der Waals surface area contributed by atoms with Crippen molar-refractivity contribution in [3.63, 3.8) is 0 Å². The van der Waals surface area contributed by atoms with Crippen molar-refractivity contribution >= 4 is 62.9 Å². The molecule has 3 aromatic heterocycles. The number of fused-ring (bicyclic) bond motifs is 1. The molecule has 0 radical (unpaired) electrons. The van der Waals surface area contributed by atoms with E-state index in [2.05, 4.69) is 20.0 Å². The van der Waals surface area contributed by atoms with Gasteiger partial charge >= 0.3 is 0 Å². The fourth-order valence-corrected chi connectivity index (χ4v) is 5.04. The van der Waals surface area contributed by atoms with Crippen LogP contribution in [0.1, 0.15) is 19.5 Å². The molecular formula is C16H15Cl3N4O3S. The van der Waals surface area contributed by atoms with Crippen LogP contribution in [0.5, 0.6) is 0 Å². The number of nitrogens with zero attached hydrogens (tertiary/aromatic N) is 4. The summed E-state index contributed by atoms with van der Waals surface area (Å²) < 4.78 is 11.5. The number of thiazole rings is 1. The number of hydrogen-bond acceptors (Lipinski definition) is 8. The van der Waals surface area contributed by atoms with Gasteiger partial charge in [0.25, 0.3) is 0 Å². The van der Waals surface area contributed by atoms with E-state index in [1.54, 1.807) is 0 Å². The second-order valence-electron chi connectivity index (χ2n) is 6.34. The second-order valence-corrected chi connectivity index (χ2v) is 8.65. The number of morpholine rings is 1. The summed E-state index contributed by atoms with van der Waals surface area (Å²) in [5.41, 5.74) is 2.19. The SMILES string of the molecule is C[C@@H]1CN(c2c(CO)nc3c(-c4sc(Cl)nc4Cl)noc3c2Cl)C[C@H](C)O1. The summed E-state index contributed by atoms with van der Waals surface area (Å²) in [6, 6.07) is 0. The smallest absolute Gasteiger partial charge is 0.206 e. The van der Waals surface area contributed by atoms with E-state index in [9.17, 15) is 5.11 Å². The zero-order chi connectivity index (χ0) is 19.3. The number of pyridine rings is 1. The van der Waals surface area contributed by atoms with E-state index in [1.165, 1.54) is 11.3 Å². The third kappa shape index (κ3) is 3.39. The molecule has 0 aliphatic carbocycles. The van der Waals surface area contributed by atoms with Crippen LogP contribution in [0.3, 0.4) is 0 Å². The Balaban J connectivity index is 1.88. The highest BCUT2D eigenvalue weighted by Gasteiger charge is 2.30. The van der Waals surface area contributed by atoms with Crippen LogP contribution in [0.4, 0.5) is 5.69 Å². The molecule has 4 heterocycles. The van der Waals surface area contributed by atoms with E-state index >= 15 is 0 Å². The van der Waals surface area contributed by atoms with Crippen molar-refractivity contribution in [2.45, 2.75) is 32.7 Å². The van der Waals surface area contributed by atoms with Crippen LogP contribution in [0.2, 0.25) is 14.6 Å². The van der Waals surface area contributed by atoms with Gasteiger partial charge in [0.2, 0.25) is 5.58 Å². The fraction of sp³-hybridized carbons (Fsp3) is 0.438. The highest BCUT2D eigenvalue weighted by molar-refractivity contribution is 7.19. The Kier molecular flexibility index (Phi) is 5.22. The van der Waals surface area contributed by atoms with Crippen molar-refractivity contribution in [3.05, 3.63) is 20.3 Å². The molecule has 1 aliphatic rings. The van der Waals surface area contributed by atoms with Crippen molar-refractivity contribution in [3.8, 4) is 10.6 Å². The van der Waals surface area contributed by atoms with Gasteiger partial charge in [0.05, 0.1) is 35.1 Å². The van der Waals surface area contributed by atoms with Gasteiger partial charge in [-0.3, -0.25) is 0 Å². The van der Waals surface area contributed by atoms with E-state index in [0.29, 0.717) is 51.2 Å². The number of aliphatic hydroxyl groups is 1. The lowest BCUT2D eigenvalue weighted by Crippen LogP contribution is -2.46. The van der Waals surface area contributed by atoms with Crippen molar-refractivity contribution in [2.24, 2.45) is 0 Å². The zero-order valence-corrected chi connectivity index (χ0v) is 17.5. The number of ether oxygens (including phenoxy) is 1. The molecule has 1 aliphatic heterocycles. The summed E-state index contributed by atoms with van der Waals surface area (Å²) in [4.78, 5) is 11.1. The first-order valence-corrected chi connectivity index (χ1v) is 10.1. The maximum Gasteiger partial charge on any atom is 0.206 e.